The molecule has 1 saturated carbocycles. The highest BCUT2D eigenvalue weighted by Crippen LogP contribution is 2.23. The number of benzene rings is 1. The smallest absolute Gasteiger partial charge is 0.0230 e. The Bertz CT molecular complexity index is 348. The summed E-state index contributed by atoms with van der Waals surface area (Å²) in [7, 11) is 0. The molecule has 100 valence electrons. The average Bonchev–Trinajstić information content (AvgIpc) is 2.44. The largest absolute Gasteiger partial charge is 0.330 e. The van der Waals surface area contributed by atoms with Gasteiger partial charge in [0.25, 0.3) is 0 Å². The minimum atomic E-state index is 0.705. The Balaban J connectivity index is 1.80. The van der Waals surface area contributed by atoms with Crippen molar-refractivity contribution in [1.29, 1.82) is 0 Å². The van der Waals surface area contributed by atoms with Gasteiger partial charge >= 0.3 is 0 Å². The number of rotatable bonds is 6. The van der Waals surface area contributed by atoms with E-state index in [-0.39, 0.29) is 0 Å². The summed E-state index contributed by atoms with van der Waals surface area (Å²) in [6.45, 7) is 0.775. The van der Waals surface area contributed by atoms with Crippen LogP contribution in [0.25, 0.3) is 0 Å². The van der Waals surface area contributed by atoms with Crippen LogP contribution in [-0.2, 0) is 6.42 Å². The minimum absolute atomic E-state index is 0.705. The SMILES string of the molecule is NCCCc1cccc(SNC2CCCCC2)c1. The summed E-state index contributed by atoms with van der Waals surface area (Å²) in [6.07, 6.45) is 9.01. The number of hydrogen-bond acceptors (Lipinski definition) is 3. The first-order chi connectivity index (χ1) is 8.88. The van der Waals surface area contributed by atoms with Crippen LogP contribution in [0, 0.1) is 0 Å². The minimum Gasteiger partial charge on any atom is -0.330 e. The van der Waals surface area contributed by atoms with E-state index in [2.05, 4.69) is 29.0 Å². The van der Waals surface area contributed by atoms with Crippen LogP contribution in [0.4, 0.5) is 0 Å². The standard InChI is InChI=1S/C15H24N2S/c16-11-5-7-13-6-4-10-15(12-13)18-17-14-8-2-1-3-9-14/h4,6,10,12,14,17H,1-3,5,7-9,11,16H2. The number of aryl methyl sites for hydroxylation is 1. The molecule has 0 saturated heterocycles. The van der Waals surface area contributed by atoms with E-state index in [1.807, 2.05) is 0 Å². The molecule has 0 aliphatic heterocycles. The van der Waals surface area contributed by atoms with E-state index in [1.165, 1.54) is 42.6 Å². The van der Waals surface area contributed by atoms with Gasteiger partial charge in [-0.15, -0.1) is 0 Å². The van der Waals surface area contributed by atoms with Crippen molar-refractivity contribution >= 4 is 11.9 Å². The van der Waals surface area contributed by atoms with E-state index >= 15 is 0 Å². The van der Waals surface area contributed by atoms with Crippen LogP contribution in [0.1, 0.15) is 44.1 Å². The predicted octanol–water partition coefficient (Wildman–Crippen LogP) is 3.51. The van der Waals surface area contributed by atoms with Crippen LogP contribution in [0.15, 0.2) is 29.2 Å². The Kier molecular flexibility index (Phi) is 6.05. The van der Waals surface area contributed by atoms with Crippen molar-refractivity contribution in [2.75, 3.05) is 6.54 Å². The Morgan fingerprint density at radius 3 is 2.83 bits per heavy atom. The summed E-state index contributed by atoms with van der Waals surface area (Å²) in [5, 5.41) is 0. The second-order valence-electron chi connectivity index (χ2n) is 5.09. The molecule has 2 nitrogen and oxygen atoms in total. The fourth-order valence-electron chi connectivity index (χ4n) is 2.44. The summed E-state index contributed by atoms with van der Waals surface area (Å²) in [6, 6.07) is 9.52. The highest BCUT2D eigenvalue weighted by atomic mass is 32.2. The maximum atomic E-state index is 5.55. The first-order valence-electron chi connectivity index (χ1n) is 7.10. The van der Waals surface area contributed by atoms with Crippen molar-refractivity contribution in [2.45, 2.75) is 55.9 Å². The third-order valence-corrected chi connectivity index (χ3v) is 4.46. The Morgan fingerprint density at radius 2 is 2.06 bits per heavy atom. The van der Waals surface area contributed by atoms with E-state index in [4.69, 9.17) is 5.73 Å². The van der Waals surface area contributed by atoms with Crippen molar-refractivity contribution in [1.82, 2.24) is 4.72 Å². The van der Waals surface area contributed by atoms with Gasteiger partial charge in [0.05, 0.1) is 0 Å². The molecule has 1 aromatic rings. The number of nitrogens with two attached hydrogens (primary N) is 1. The maximum Gasteiger partial charge on any atom is 0.0230 e. The van der Waals surface area contributed by atoms with Crippen molar-refractivity contribution in [3.05, 3.63) is 29.8 Å². The van der Waals surface area contributed by atoms with E-state index in [0.29, 0.717) is 6.04 Å². The van der Waals surface area contributed by atoms with E-state index in [1.54, 1.807) is 11.9 Å². The molecule has 3 N–H and O–H groups in total. The zero-order chi connectivity index (χ0) is 12.6. The fourth-order valence-corrected chi connectivity index (χ4v) is 3.34. The quantitative estimate of drug-likeness (QED) is 0.772. The topological polar surface area (TPSA) is 38.0 Å². The summed E-state index contributed by atoms with van der Waals surface area (Å²) >= 11 is 1.79. The number of hydrogen-bond donors (Lipinski definition) is 2. The van der Waals surface area contributed by atoms with Gasteiger partial charge in [-0.1, -0.05) is 31.4 Å². The lowest BCUT2D eigenvalue weighted by Gasteiger charge is -2.22. The van der Waals surface area contributed by atoms with Crippen molar-refractivity contribution < 1.29 is 0 Å². The van der Waals surface area contributed by atoms with Crippen LogP contribution >= 0.6 is 11.9 Å². The first kappa shape index (κ1) is 13.9. The molecule has 0 spiro atoms. The molecule has 1 aliphatic carbocycles. The molecule has 0 amide bonds. The van der Waals surface area contributed by atoms with Gasteiger partial charge in [-0.3, -0.25) is 4.72 Å². The Morgan fingerprint density at radius 1 is 1.22 bits per heavy atom. The van der Waals surface area contributed by atoms with Crippen molar-refractivity contribution in [2.24, 2.45) is 5.73 Å². The van der Waals surface area contributed by atoms with Crippen molar-refractivity contribution in [3.8, 4) is 0 Å². The molecule has 3 heteroatoms. The normalized spacial score (nSPS) is 16.9. The van der Waals surface area contributed by atoms with Gasteiger partial charge in [-0.25, -0.2) is 0 Å². The molecule has 0 bridgehead atoms. The molecule has 0 heterocycles. The summed E-state index contributed by atoms with van der Waals surface area (Å²) in [5.41, 5.74) is 6.95. The van der Waals surface area contributed by atoms with Crippen molar-refractivity contribution in [3.63, 3.8) is 0 Å². The monoisotopic (exact) mass is 264 g/mol. The molecular formula is C15H24N2S. The Hall–Kier alpha value is -0.510. The molecule has 2 rings (SSSR count). The molecule has 1 fully saturated rings. The molecule has 0 aromatic heterocycles. The van der Waals surface area contributed by atoms with Crippen LogP contribution in [0.2, 0.25) is 0 Å². The van der Waals surface area contributed by atoms with E-state index in [0.717, 1.165) is 19.4 Å². The lowest BCUT2D eigenvalue weighted by atomic mass is 9.96. The van der Waals surface area contributed by atoms with Crippen LogP contribution < -0.4 is 10.5 Å². The Labute approximate surface area is 115 Å². The number of nitrogens with one attached hydrogen (secondary N) is 1. The van der Waals surface area contributed by atoms with E-state index < -0.39 is 0 Å². The van der Waals surface area contributed by atoms with Crippen LogP contribution in [0.3, 0.4) is 0 Å². The zero-order valence-corrected chi connectivity index (χ0v) is 11.8. The van der Waals surface area contributed by atoms with Gasteiger partial charge in [0, 0.05) is 10.9 Å². The van der Waals surface area contributed by atoms with Gasteiger partial charge in [0.2, 0.25) is 0 Å². The van der Waals surface area contributed by atoms with Gasteiger partial charge in [-0.05, 0) is 61.9 Å². The summed E-state index contributed by atoms with van der Waals surface area (Å²) in [5.74, 6) is 0. The van der Waals surface area contributed by atoms with Crippen LogP contribution in [-0.4, -0.2) is 12.6 Å². The first-order valence-corrected chi connectivity index (χ1v) is 7.91. The lowest BCUT2D eigenvalue weighted by Crippen LogP contribution is -2.25. The highest BCUT2D eigenvalue weighted by molar-refractivity contribution is 7.97. The summed E-state index contributed by atoms with van der Waals surface area (Å²) in [4.78, 5) is 1.33. The maximum absolute atomic E-state index is 5.55. The lowest BCUT2D eigenvalue weighted by molar-refractivity contribution is 0.423. The third-order valence-electron chi connectivity index (χ3n) is 3.52. The average molecular weight is 264 g/mol. The third kappa shape index (κ3) is 4.63. The molecule has 18 heavy (non-hydrogen) atoms. The van der Waals surface area contributed by atoms with Gasteiger partial charge < -0.3 is 5.73 Å². The molecule has 0 atom stereocenters. The molecule has 0 unspecified atom stereocenters. The second kappa shape index (κ2) is 7.82. The van der Waals surface area contributed by atoms with Gasteiger partial charge in [0.1, 0.15) is 0 Å². The summed E-state index contributed by atoms with van der Waals surface area (Å²) < 4.78 is 3.61. The highest BCUT2D eigenvalue weighted by Gasteiger charge is 2.12. The van der Waals surface area contributed by atoms with Gasteiger partial charge in [-0.2, -0.15) is 0 Å². The van der Waals surface area contributed by atoms with Crippen LogP contribution in [0.5, 0.6) is 0 Å². The van der Waals surface area contributed by atoms with Gasteiger partial charge in [0.15, 0.2) is 0 Å². The van der Waals surface area contributed by atoms with E-state index in [9.17, 15) is 0 Å². The molecule has 1 aromatic carbocycles. The molecule has 0 radical (unpaired) electrons. The second-order valence-corrected chi connectivity index (χ2v) is 6.01. The zero-order valence-electron chi connectivity index (χ0n) is 11.0. The molecular weight excluding hydrogens is 240 g/mol. The fraction of sp³-hybridized carbons (Fsp3) is 0.600. The molecule has 1 aliphatic rings. The predicted molar refractivity (Wildman–Crippen MR) is 79.7 cm³/mol.